The van der Waals surface area contributed by atoms with Crippen molar-refractivity contribution in [3.05, 3.63) is 69.0 Å². The standard InChI is InChI=1S/C12H9ClN2O3/c13-10-4-3-8(6-11(10)15(17)18)12(16)9-2-1-5-14-7-9/h1-7,12,16H. The molecule has 0 spiro atoms. The van der Waals surface area contributed by atoms with Gasteiger partial charge in [0, 0.05) is 24.0 Å². The summed E-state index contributed by atoms with van der Waals surface area (Å²) in [4.78, 5) is 14.1. The molecule has 0 saturated carbocycles. The molecule has 0 fully saturated rings. The summed E-state index contributed by atoms with van der Waals surface area (Å²) in [7, 11) is 0. The molecule has 0 radical (unpaired) electrons. The highest BCUT2D eigenvalue weighted by Gasteiger charge is 2.17. The average Bonchev–Trinajstić information content (AvgIpc) is 2.39. The minimum Gasteiger partial charge on any atom is -0.384 e. The fourth-order valence-corrected chi connectivity index (χ4v) is 1.76. The molecule has 0 saturated heterocycles. The lowest BCUT2D eigenvalue weighted by atomic mass is 10.0. The molecule has 1 aromatic heterocycles. The SMILES string of the molecule is O=[N+]([O-])c1cc(C(O)c2cccnc2)ccc1Cl. The van der Waals surface area contributed by atoms with Gasteiger partial charge in [-0.15, -0.1) is 0 Å². The average molecular weight is 265 g/mol. The van der Waals surface area contributed by atoms with Crippen molar-refractivity contribution in [1.82, 2.24) is 4.98 Å². The summed E-state index contributed by atoms with van der Waals surface area (Å²) >= 11 is 5.71. The van der Waals surface area contributed by atoms with Gasteiger partial charge in [0.15, 0.2) is 0 Å². The van der Waals surface area contributed by atoms with Crippen LogP contribution in [0.1, 0.15) is 17.2 Å². The molecule has 18 heavy (non-hydrogen) atoms. The zero-order valence-corrected chi connectivity index (χ0v) is 9.91. The molecule has 1 unspecified atom stereocenters. The maximum atomic E-state index is 10.8. The molecule has 0 aliphatic carbocycles. The van der Waals surface area contributed by atoms with Crippen molar-refractivity contribution in [2.75, 3.05) is 0 Å². The maximum absolute atomic E-state index is 10.8. The normalized spacial score (nSPS) is 12.1. The van der Waals surface area contributed by atoms with Gasteiger partial charge in [0.25, 0.3) is 5.69 Å². The van der Waals surface area contributed by atoms with Crippen LogP contribution in [0.4, 0.5) is 5.69 Å². The van der Waals surface area contributed by atoms with E-state index in [4.69, 9.17) is 11.6 Å². The summed E-state index contributed by atoms with van der Waals surface area (Å²) in [6.07, 6.45) is 2.13. The van der Waals surface area contributed by atoms with E-state index < -0.39 is 11.0 Å². The smallest absolute Gasteiger partial charge is 0.288 e. The van der Waals surface area contributed by atoms with E-state index in [1.165, 1.54) is 18.3 Å². The molecule has 1 aromatic carbocycles. The van der Waals surface area contributed by atoms with Crippen LogP contribution in [0.2, 0.25) is 5.02 Å². The number of hydrogen-bond donors (Lipinski definition) is 1. The highest BCUT2D eigenvalue weighted by Crippen LogP contribution is 2.29. The van der Waals surface area contributed by atoms with E-state index in [2.05, 4.69) is 4.98 Å². The molecule has 2 rings (SSSR count). The number of aromatic nitrogens is 1. The first-order valence-electron chi connectivity index (χ1n) is 5.11. The van der Waals surface area contributed by atoms with Crippen LogP contribution in [0.25, 0.3) is 0 Å². The number of nitro benzene ring substituents is 1. The minimum atomic E-state index is -0.963. The maximum Gasteiger partial charge on any atom is 0.288 e. The molecular weight excluding hydrogens is 256 g/mol. The number of nitro groups is 1. The number of rotatable bonds is 3. The lowest BCUT2D eigenvalue weighted by Gasteiger charge is -2.10. The number of halogens is 1. The van der Waals surface area contributed by atoms with Crippen LogP contribution in [0, 0.1) is 10.1 Å². The largest absolute Gasteiger partial charge is 0.384 e. The molecule has 92 valence electrons. The molecule has 6 heteroatoms. The molecule has 5 nitrogen and oxygen atoms in total. The van der Waals surface area contributed by atoms with Crippen LogP contribution in [0.3, 0.4) is 0 Å². The first-order valence-corrected chi connectivity index (χ1v) is 5.49. The summed E-state index contributed by atoms with van der Waals surface area (Å²) in [6.45, 7) is 0. The second kappa shape index (κ2) is 5.12. The number of hydrogen-bond acceptors (Lipinski definition) is 4. The van der Waals surface area contributed by atoms with E-state index in [1.807, 2.05) is 0 Å². The molecule has 1 heterocycles. The van der Waals surface area contributed by atoms with Crippen molar-refractivity contribution in [1.29, 1.82) is 0 Å². The Morgan fingerprint density at radius 1 is 1.33 bits per heavy atom. The third kappa shape index (κ3) is 2.47. The van der Waals surface area contributed by atoms with Crippen LogP contribution >= 0.6 is 11.6 Å². The molecule has 0 amide bonds. The van der Waals surface area contributed by atoms with Crippen molar-refractivity contribution in [2.45, 2.75) is 6.10 Å². The lowest BCUT2D eigenvalue weighted by molar-refractivity contribution is -0.384. The van der Waals surface area contributed by atoms with Gasteiger partial charge in [0.05, 0.1) is 4.92 Å². The van der Waals surface area contributed by atoms with E-state index in [0.717, 1.165) is 0 Å². The van der Waals surface area contributed by atoms with Gasteiger partial charge in [-0.05, 0) is 17.7 Å². The van der Waals surface area contributed by atoms with Crippen LogP contribution in [-0.4, -0.2) is 15.0 Å². The fourth-order valence-electron chi connectivity index (χ4n) is 1.57. The van der Waals surface area contributed by atoms with Gasteiger partial charge < -0.3 is 5.11 Å². The highest BCUT2D eigenvalue weighted by molar-refractivity contribution is 6.32. The Hall–Kier alpha value is -1.98. The Balaban J connectivity index is 2.40. The molecule has 0 bridgehead atoms. The summed E-state index contributed by atoms with van der Waals surface area (Å²) in [5.41, 5.74) is 0.741. The number of pyridine rings is 1. The predicted molar refractivity (Wildman–Crippen MR) is 66.4 cm³/mol. The Morgan fingerprint density at radius 3 is 2.72 bits per heavy atom. The molecule has 2 aromatic rings. The number of nitrogens with zero attached hydrogens (tertiary/aromatic N) is 2. The lowest BCUT2D eigenvalue weighted by Crippen LogP contribution is -2.01. The quantitative estimate of drug-likeness (QED) is 0.683. The summed E-state index contributed by atoms with van der Waals surface area (Å²) in [5, 5.41) is 20.9. The number of aliphatic hydroxyl groups excluding tert-OH is 1. The Labute approximate surface area is 108 Å². The summed E-state index contributed by atoms with van der Waals surface area (Å²) in [5.74, 6) is 0. The third-order valence-corrected chi connectivity index (χ3v) is 2.80. The Bertz CT molecular complexity index is 575. The van der Waals surface area contributed by atoms with Crippen molar-refractivity contribution in [2.24, 2.45) is 0 Å². The van der Waals surface area contributed by atoms with Crippen LogP contribution < -0.4 is 0 Å². The molecule has 0 aliphatic rings. The van der Waals surface area contributed by atoms with Gasteiger partial charge in [-0.2, -0.15) is 0 Å². The van der Waals surface area contributed by atoms with Gasteiger partial charge in [0.2, 0.25) is 0 Å². The van der Waals surface area contributed by atoms with Crippen LogP contribution in [0.5, 0.6) is 0 Å². The van der Waals surface area contributed by atoms with Gasteiger partial charge in [-0.1, -0.05) is 23.7 Å². The van der Waals surface area contributed by atoms with Crippen molar-refractivity contribution < 1.29 is 10.0 Å². The topological polar surface area (TPSA) is 76.3 Å². The molecular formula is C12H9ClN2O3. The molecule has 0 aliphatic heterocycles. The van der Waals surface area contributed by atoms with Gasteiger partial charge in [-0.25, -0.2) is 0 Å². The summed E-state index contributed by atoms with van der Waals surface area (Å²) < 4.78 is 0. The molecule has 1 N–H and O–H groups in total. The fraction of sp³-hybridized carbons (Fsp3) is 0.0833. The predicted octanol–water partition coefficient (Wildman–Crippen LogP) is 2.72. The number of benzene rings is 1. The first-order chi connectivity index (χ1) is 8.59. The second-order valence-electron chi connectivity index (χ2n) is 3.66. The Morgan fingerprint density at radius 2 is 2.11 bits per heavy atom. The zero-order chi connectivity index (χ0) is 13.1. The van der Waals surface area contributed by atoms with E-state index in [9.17, 15) is 15.2 Å². The third-order valence-electron chi connectivity index (χ3n) is 2.48. The van der Waals surface area contributed by atoms with Crippen molar-refractivity contribution in [3.8, 4) is 0 Å². The highest BCUT2D eigenvalue weighted by atomic mass is 35.5. The Kier molecular flexibility index (Phi) is 3.55. The van der Waals surface area contributed by atoms with Gasteiger partial charge >= 0.3 is 0 Å². The minimum absolute atomic E-state index is 0.0436. The van der Waals surface area contributed by atoms with E-state index in [0.29, 0.717) is 11.1 Å². The van der Waals surface area contributed by atoms with E-state index in [-0.39, 0.29) is 10.7 Å². The van der Waals surface area contributed by atoms with E-state index in [1.54, 1.807) is 24.4 Å². The first kappa shape index (κ1) is 12.5. The summed E-state index contributed by atoms with van der Waals surface area (Å²) in [6, 6.07) is 7.59. The van der Waals surface area contributed by atoms with Crippen molar-refractivity contribution >= 4 is 17.3 Å². The van der Waals surface area contributed by atoms with Gasteiger partial charge in [0.1, 0.15) is 11.1 Å². The van der Waals surface area contributed by atoms with Crippen molar-refractivity contribution in [3.63, 3.8) is 0 Å². The molecule has 1 atom stereocenters. The number of aliphatic hydroxyl groups is 1. The van der Waals surface area contributed by atoms with Crippen LogP contribution in [0.15, 0.2) is 42.7 Å². The van der Waals surface area contributed by atoms with Crippen LogP contribution in [-0.2, 0) is 0 Å². The van der Waals surface area contributed by atoms with Gasteiger partial charge in [-0.3, -0.25) is 15.1 Å². The zero-order valence-electron chi connectivity index (χ0n) is 9.15. The monoisotopic (exact) mass is 264 g/mol. The van der Waals surface area contributed by atoms with E-state index >= 15 is 0 Å². The second-order valence-corrected chi connectivity index (χ2v) is 4.06.